The van der Waals surface area contributed by atoms with Crippen molar-refractivity contribution >= 4 is 5.91 Å². The van der Waals surface area contributed by atoms with E-state index in [1.807, 2.05) is 6.92 Å². The minimum absolute atomic E-state index is 0.201. The van der Waals surface area contributed by atoms with E-state index in [2.05, 4.69) is 10.2 Å². The summed E-state index contributed by atoms with van der Waals surface area (Å²) < 4.78 is 5.37. The number of nitrogens with one attached hydrogen (secondary N) is 1. The van der Waals surface area contributed by atoms with Gasteiger partial charge in [-0.05, 0) is 31.7 Å². The largest absolute Gasteiger partial charge is 0.380 e. The molecule has 1 amide bonds. The molecule has 2 unspecified atom stereocenters. The molecule has 18 heavy (non-hydrogen) atoms. The third kappa shape index (κ3) is 2.68. The number of nitrogens with two attached hydrogens (primary N) is 1. The first-order chi connectivity index (χ1) is 8.62. The Morgan fingerprint density at radius 2 is 2.22 bits per heavy atom. The zero-order valence-electron chi connectivity index (χ0n) is 11.4. The van der Waals surface area contributed by atoms with E-state index in [1.54, 1.807) is 7.11 Å². The van der Waals surface area contributed by atoms with Gasteiger partial charge in [0.1, 0.15) is 5.54 Å². The van der Waals surface area contributed by atoms with Crippen molar-refractivity contribution in [2.75, 3.05) is 33.3 Å². The Hall–Kier alpha value is -0.650. The lowest BCUT2D eigenvalue weighted by atomic mass is 9.91. The van der Waals surface area contributed by atoms with Crippen molar-refractivity contribution in [3.05, 3.63) is 0 Å². The lowest BCUT2D eigenvalue weighted by molar-refractivity contribution is -0.126. The highest BCUT2D eigenvalue weighted by Gasteiger charge is 2.50. The van der Waals surface area contributed by atoms with Crippen LogP contribution >= 0.6 is 0 Å². The Morgan fingerprint density at radius 3 is 2.67 bits per heavy atom. The molecule has 0 radical (unpaired) electrons. The fraction of sp³-hybridized carbons (Fsp3) is 0.923. The number of hydrogen-bond donors (Lipinski definition) is 2. The molecule has 5 heteroatoms. The summed E-state index contributed by atoms with van der Waals surface area (Å²) >= 11 is 0. The number of likely N-dealkylation sites (N-methyl/N-ethyl adjacent to an activating group) is 1. The van der Waals surface area contributed by atoms with Crippen LogP contribution in [0.3, 0.4) is 0 Å². The number of methoxy groups -OCH3 is 1. The monoisotopic (exact) mass is 255 g/mol. The van der Waals surface area contributed by atoms with Crippen molar-refractivity contribution in [3.63, 3.8) is 0 Å². The van der Waals surface area contributed by atoms with Gasteiger partial charge in [-0.2, -0.15) is 0 Å². The molecule has 2 rings (SSSR count). The van der Waals surface area contributed by atoms with Crippen LogP contribution in [0.5, 0.6) is 0 Å². The van der Waals surface area contributed by atoms with Gasteiger partial charge in [-0.25, -0.2) is 0 Å². The fourth-order valence-corrected chi connectivity index (χ4v) is 3.07. The van der Waals surface area contributed by atoms with Gasteiger partial charge in [0.05, 0.1) is 6.10 Å². The molecular weight excluding hydrogens is 230 g/mol. The van der Waals surface area contributed by atoms with Gasteiger partial charge in [-0.15, -0.1) is 0 Å². The quantitative estimate of drug-likeness (QED) is 0.669. The minimum Gasteiger partial charge on any atom is -0.380 e. The van der Waals surface area contributed by atoms with Gasteiger partial charge < -0.3 is 15.8 Å². The highest BCUT2D eigenvalue weighted by Crippen LogP contribution is 2.40. The molecule has 0 spiro atoms. The van der Waals surface area contributed by atoms with Crippen LogP contribution in [0, 0.1) is 5.92 Å². The maximum Gasteiger partial charge on any atom is 0.239 e. The van der Waals surface area contributed by atoms with E-state index in [4.69, 9.17) is 10.5 Å². The van der Waals surface area contributed by atoms with Gasteiger partial charge in [0.25, 0.3) is 0 Å². The molecule has 2 atom stereocenters. The summed E-state index contributed by atoms with van der Waals surface area (Å²) in [6.45, 7) is 5.43. The lowest BCUT2D eigenvalue weighted by Crippen LogP contribution is -2.63. The molecule has 1 saturated heterocycles. The lowest BCUT2D eigenvalue weighted by Gasteiger charge is -2.35. The highest BCUT2D eigenvalue weighted by molar-refractivity contribution is 5.86. The second kappa shape index (κ2) is 5.55. The number of carbonyl (C=O) groups is 1. The molecule has 0 aromatic carbocycles. The molecule has 0 bridgehead atoms. The first kappa shape index (κ1) is 13.8. The Labute approximate surface area is 109 Å². The van der Waals surface area contributed by atoms with E-state index in [0.717, 1.165) is 45.4 Å². The molecule has 1 aliphatic carbocycles. The zero-order valence-corrected chi connectivity index (χ0v) is 11.4. The molecule has 2 fully saturated rings. The van der Waals surface area contributed by atoms with Gasteiger partial charge in [-0.1, -0.05) is 6.92 Å². The Balaban J connectivity index is 2.03. The molecule has 0 aromatic rings. The highest BCUT2D eigenvalue weighted by atomic mass is 16.5. The number of ether oxygens (including phenoxy) is 1. The standard InChI is InChI=1S/C13H25N3O2/c1-3-15-13(12(14)17,10-4-5-10)9-16-7-6-11(8-16)18-2/h10-11,15H,3-9H2,1-2H3,(H2,14,17). The maximum atomic E-state index is 11.9. The van der Waals surface area contributed by atoms with E-state index in [1.165, 1.54) is 0 Å². The number of hydrogen-bond acceptors (Lipinski definition) is 4. The first-order valence-corrected chi connectivity index (χ1v) is 6.92. The van der Waals surface area contributed by atoms with Crippen molar-refractivity contribution in [1.82, 2.24) is 10.2 Å². The van der Waals surface area contributed by atoms with E-state index in [-0.39, 0.29) is 5.91 Å². The number of carbonyl (C=O) groups excluding carboxylic acids is 1. The van der Waals surface area contributed by atoms with Gasteiger partial charge >= 0.3 is 0 Å². The third-order valence-corrected chi connectivity index (χ3v) is 4.24. The summed E-state index contributed by atoms with van der Waals surface area (Å²) in [5.74, 6) is 0.212. The van der Waals surface area contributed by atoms with E-state index >= 15 is 0 Å². The van der Waals surface area contributed by atoms with Crippen molar-refractivity contribution in [2.24, 2.45) is 11.7 Å². The predicted molar refractivity (Wildman–Crippen MR) is 70.2 cm³/mol. The molecule has 1 heterocycles. The number of nitrogens with zero attached hydrogens (tertiary/aromatic N) is 1. The molecule has 104 valence electrons. The van der Waals surface area contributed by atoms with Crippen LogP contribution in [0.25, 0.3) is 0 Å². The van der Waals surface area contributed by atoms with Crippen molar-refractivity contribution in [2.45, 2.75) is 37.8 Å². The van der Waals surface area contributed by atoms with Crippen LogP contribution in [-0.4, -0.2) is 55.7 Å². The van der Waals surface area contributed by atoms with Crippen LogP contribution in [0.15, 0.2) is 0 Å². The predicted octanol–water partition coefficient (Wildman–Crippen LogP) is -0.0493. The summed E-state index contributed by atoms with van der Waals surface area (Å²) in [4.78, 5) is 14.2. The number of primary amides is 1. The average molecular weight is 255 g/mol. The van der Waals surface area contributed by atoms with Crippen LogP contribution in [0.2, 0.25) is 0 Å². The summed E-state index contributed by atoms with van der Waals surface area (Å²) in [6, 6.07) is 0. The number of amides is 1. The second-order valence-electron chi connectivity index (χ2n) is 5.52. The molecule has 5 nitrogen and oxygen atoms in total. The number of rotatable bonds is 7. The molecule has 3 N–H and O–H groups in total. The Morgan fingerprint density at radius 1 is 1.50 bits per heavy atom. The molecular formula is C13H25N3O2. The van der Waals surface area contributed by atoms with Gasteiger partial charge in [0, 0.05) is 26.7 Å². The summed E-state index contributed by atoms with van der Waals surface area (Å²) in [6.07, 6.45) is 3.56. The average Bonchev–Trinajstić information content (AvgIpc) is 3.10. The van der Waals surface area contributed by atoms with Crippen molar-refractivity contribution in [1.29, 1.82) is 0 Å². The summed E-state index contributed by atoms with van der Waals surface area (Å²) in [7, 11) is 1.75. The van der Waals surface area contributed by atoms with Crippen LogP contribution < -0.4 is 11.1 Å². The van der Waals surface area contributed by atoms with Crippen LogP contribution in [0.4, 0.5) is 0 Å². The topological polar surface area (TPSA) is 67.6 Å². The maximum absolute atomic E-state index is 11.9. The normalized spacial score (nSPS) is 28.2. The molecule has 2 aliphatic rings. The third-order valence-electron chi connectivity index (χ3n) is 4.24. The fourth-order valence-electron chi connectivity index (χ4n) is 3.07. The Kier molecular flexibility index (Phi) is 4.25. The summed E-state index contributed by atoms with van der Waals surface area (Å²) in [5.41, 5.74) is 5.15. The minimum atomic E-state index is -0.530. The molecule has 0 aromatic heterocycles. The van der Waals surface area contributed by atoms with Crippen molar-refractivity contribution < 1.29 is 9.53 Å². The second-order valence-corrected chi connectivity index (χ2v) is 5.52. The van der Waals surface area contributed by atoms with E-state index in [9.17, 15) is 4.79 Å². The smallest absolute Gasteiger partial charge is 0.239 e. The SMILES string of the molecule is CCNC(CN1CCC(OC)C1)(C(N)=O)C1CC1. The van der Waals surface area contributed by atoms with Crippen LogP contribution in [-0.2, 0) is 9.53 Å². The van der Waals surface area contributed by atoms with E-state index < -0.39 is 5.54 Å². The Bertz CT molecular complexity index is 307. The van der Waals surface area contributed by atoms with Gasteiger partial charge in [-0.3, -0.25) is 9.69 Å². The summed E-state index contributed by atoms with van der Waals surface area (Å²) in [5, 5.41) is 3.36. The van der Waals surface area contributed by atoms with E-state index in [0.29, 0.717) is 12.0 Å². The van der Waals surface area contributed by atoms with Gasteiger partial charge in [0.2, 0.25) is 5.91 Å². The van der Waals surface area contributed by atoms with Crippen molar-refractivity contribution in [3.8, 4) is 0 Å². The first-order valence-electron chi connectivity index (χ1n) is 6.92. The molecule has 1 saturated carbocycles. The zero-order chi connectivity index (χ0) is 13.2. The van der Waals surface area contributed by atoms with Crippen LogP contribution in [0.1, 0.15) is 26.2 Å². The van der Waals surface area contributed by atoms with Gasteiger partial charge in [0.15, 0.2) is 0 Å². The molecule has 1 aliphatic heterocycles. The number of likely N-dealkylation sites (tertiary alicyclic amines) is 1.